The smallest absolute Gasteiger partial charge is 0.243 e. The Balaban J connectivity index is 2.05. The summed E-state index contributed by atoms with van der Waals surface area (Å²) in [5, 5.41) is 2.83. The van der Waals surface area contributed by atoms with E-state index in [0.717, 1.165) is 5.56 Å². The summed E-state index contributed by atoms with van der Waals surface area (Å²) in [7, 11) is 0. The van der Waals surface area contributed by atoms with Crippen molar-refractivity contribution in [3.63, 3.8) is 0 Å². The van der Waals surface area contributed by atoms with Gasteiger partial charge < -0.3 is 10.2 Å². The highest BCUT2D eigenvalue weighted by Gasteiger charge is 2.30. The summed E-state index contributed by atoms with van der Waals surface area (Å²) in [6.07, 6.45) is 5.66. The zero-order valence-electron chi connectivity index (χ0n) is 14.7. The monoisotopic (exact) mass is 326 g/mol. The van der Waals surface area contributed by atoms with Crippen LogP contribution in [0.15, 0.2) is 49.1 Å². The van der Waals surface area contributed by atoms with Crippen LogP contribution < -0.4 is 5.32 Å². The number of hydrogen-bond donors (Lipinski definition) is 1. The van der Waals surface area contributed by atoms with E-state index >= 15 is 0 Å². The van der Waals surface area contributed by atoms with Gasteiger partial charge in [0.15, 0.2) is 0 Å². The van der Waals surface area contributed by atoms with E-state index in [4.69, 9.17) is 0 Å². The third-order valence-corrected chi connectivity index (χ3v) is 4.42. The Kier molecular flexibility index (Phi) is 5.96. The molecular formula is C20H26N2O2. The summed E-state index contributed by atoms with van der Waals surface area (Å²) in [4.78, 5) is 26.3. The first-order valence-electron chi connectivity index (χ1n) is 8.38. The molecular weight excluding hydrogens is 300 g/mol. The third kappa shape index (κ3) is 4.34. The van der Waals surface area contributed by atoms with Crippen LogP contribution in [0.2, 0.25) is 0 Å². The molecule has 0 bridgehead atoms. The van der Waals surface area contributed by atoms with Crippen molar-refractivity contribution in [2.24, 2.45) is 5.92 Å². The van der Waals surface area contributed by atoms with Crippen LogP contribution in [-0.2, 0) is 16.1 Å². The lowest BCUT2D eigenvalue weighted by Crippen LogP contribution is -2.41. The summed E-state index contributed by atoms with van der Waals surface area (Å²) < 4.78 is 0. The van der Waals surface area contributed by atoms with Crippen molar-refractivity contribution in [3.05, 3.63) is 60.2 Å². The second kappa shape index (κ2) is 7.95. The highest BCUT2D eigenvalue weighted by molar-refractivity contribution is 5.87. The number of amides is 2. The van der Waals surface area contributed by atoms with Gasteiger partial charge in [-0.05, 0) is 44.4 Å². The molecule has 24 heavy (non-hydrogen) atoms. The molecule has 0 unspecified atom stereocenters. The summed E-state index contributed by atoms with van der Waals surface area (Å²) in [5.41, 5.74) is 2.35. The Bertz CT molecular complexity index is 649. The summed E-state index contributed by atoms with van der Waals surface area (Å²) in [5.74, 6) is -0.287. The molecule has 2 amide bonds. The summed E-state index contributed by atoms with van der Waals surface area (Å²) >= 11 is 0. The molecule has 128 valence electrons. The number of rotatable bonds is 6. The third-order valence-electron chi connectivity index (χ3n) is 4.42. The molecule has 0 fully saturated rings. The summed E-state index contributed by atoms with van der Waals surface area (Å²) in [6, 6.07) is 8.16. The van der Waals surface area contributed by atoms with Crippen LogP contribution in [0, 0.1) is 12.8 Å². The Hall–Kier alpha value is -2.36. The SMILES string of the molecule is C=CC(=O)N[C@H]1C=C[C@@H](C(=O)N(Cc2ccccc2C)C(C)C)C1. The molecule has 2 atom stereocenters. The van der Waals surface area contributed by atoms with E-state index in [-0.39, 0.29) is 29.8 Å². The number of carbonyl (C=O) groups excluding carboxylic acids is 2. The standard InChI is InChI=1S/C20H26N2O2/c1-5-19(23)21-18-11-10-16(12-18)20(24)22(14(2)3)13-17-9-7-6-8-15(17)4/h5-11,14,16,18H,1,12-13H2,2-4H3,(H,21,23)/t16-,18+/m1/s1. The first-order chi connectivity index (χ1) is 11.4. The molecule has 1 aliphatic carbocycles. The van der Waals surface area contributed by atoms with Crippen molar-refractivity contribution in [3.8, 4) is 0 Å². The lowest BCUT2D eigenvalue weighted by Gasteiger charge is -2.30. The minimum Gasteiger partial charge on any atom is -0.346 e. The zero-order chi connectivity index (χ0) is 17.7. The zero-order valence-corrected chi connectivity index (χ0v) is 14.7. The van der Waals surface area contributed by atoms with Gasteiger partial charge in [-0.2, -0.15) is 0 Å². The molecule has 2 rings (SSSR count). The van der Waals surface area contributed by atoms with E-state index in [2.05, 4.69) is 31.0 Å². The molecule has 1 aliphatic rings. The highest BCUT2D eigenvalue weighted by Crippen LogP contribution is 2.23. The van der Waals surface area contributed by atoms with Gasteiger partial charge in [0.25, 0.3) is 0 Å². The van der Waals surface area contributed by atoms with E-state index in [9.17, 15) is 9.59 Å². The van der Waals surface area contributed by atoms with Crippen molar-refractivity contribution < 1.29 is 9.59 Å². The number of nitrogens with one attached hydrogen (secondary N) is 1. The minimum atomic E-state index is -0.210. The molecule has 1 aromatic rings. The van der Waals surface area contributed by atoms with Gasteiger partial charge in [-0.1, -0.05) is 43.0 Å². The predicted octanol–water partition coefficient (Wildman–Crippen LogP) is 2.98. The molecule has 4 heteroatoms. The van der Waals surface area contributed by atoms with E-state index in [1.807, 2.05) is 43.0 Å². The molecule has 0 radical (unpaired) electrons. The topological polar surface area (TPSA) is 49.4 Å². The molecule has 1 N–H and O–H groups in total. The van der Waals surface area contributed by atoms with Crippen molar-refractivity contribution in [2.45, 2.75) is 45.8 Å². The Morgan fingerprint density at radius 2 is 2.04 bits per heavy atom. The second-order valence-electron chi connectivity index (χ2n) is 6.53. The molecule has 4 nitrogen and oxygen atoms in total. The summed E-state index contributed by atoms with van der Waals surface area (Å²) in [6.45, 7) is 10.2. The average molecular weight is 326 g/mol. The Morgan fingerprint density at radius 3 is 2.67 bits per heavy atom. The van der Waals surface area contributed by atoms with Gasteiger partial charge in [0, 0.05) is 18.6 Å². The maximum Gasteiger partial charge on any atom is 0.243 e. The molecule has 1 aromatic carbocycles. The number of nitrogens with zero attached hydrogens (tertiary/aromatic N) is 1. The number of hydrogen-bond acceptors (Lipinski definition) is 2. The average Bonchev–Trinajstić information content (AvgIpc) is 3.01. The fraction of sp³-hybridized carbons (Fsp3) is 0.400. The van der Waals surface area contributed by atoms with Crippen LogP contribution in [0.4, 0.5) is 0 Å². The normalized spacial score (nSPS) is 19.3. The number of carbonyl (C=O) groups is 2. The molecule has 0 aliphatic heterocycles. The van der Waals surface area contributed by atoms with Crippen molar-refractivity contribution >= 4 is 11.8 Å². The lowest BCUT2D eigenvalue weighted by atomic mass is 10.0. The number of aryl methyl sites for hydroxylation is 1. The first-order valence-corrected chi connectivity index (χ1v) is 8.38. The largest absolute Gasteiger partial charge is 0.346 e. The second-order valence-corrected chi connectivity index (χ2v) is 6.53. The molecule has 0 aromatic heterocycles. The van der Waals surface area contributed by atoms with Gasteiger partial charge in [0.2, 0.25) is 11.8 Å². The fourth-order valence-corrected chi connectivity index (χ4v) is 2.93. The van der Waals surface area contributed by atoms with Gasteiger partial charge in [-0.15, -0.1) is 0 Å². The van der Waals surface area contributed by atoms with E-state index in [1.165, 1.54) is 11.6 Å². The minimum absolute atomic E-state index is 0.100. The van der Waals surface area contributed by atoms with Crippen LogP contribution in [0.5, 0.6) is 0 Å². The lowest BCUT2D eigenvalue weighted by molar-refractivity contribution is -0.136. The number of benzene rings is 1. The quantitative estimate of drug-likeness (QED) is 0.645. The fourth-order valence-electron chi connectivity index (χ4n) is 2.93. The molecule has 0 spiro atoms. The van der Waals surface area contributed by atoms with E-state index in [0.29, 0.717) is 13.0 Å². The van der Waals surface area contributed by atoms with Crippen molar-refractivity contribution in [1.29, 1.82) is 0 Å². The van der Waals surface area contributed by atoms with E-state index in [1.54, 1.807) is 0 Å². The molecule has 0 saturated carbocycles. The highest BCUT2D eigenvalue weighted by atomic mass is 16.2. The van der Waals surface area contributed by atoms with Crippen molar-refractivity contribution in [1.82, 2.24) is 10.2 Å². The van der Waals surface area contributed by atoms with Crippen LogP contribution >= 0.6 is 0 Å². The van der Waals surface area contributed by atoms with Crippen molar-refractivity contribution in [2.75, 3.05) is 0 Å². The molecule has 0 saturated heterocycles. The van der Waals surface area contributed by atoms with Crippen LogP contribution in [0.25, 0.3) is 0 Å². The van der Waals surface area contributed by atoms with Gasteiger partial charge in [0.1, 0.15) is 0 Å². The van der Waals surface area contributed by atoms with Gasteiger partial charge in [-0.25, -0.2) is 0 Å². The Morgan fingerprint density at radius 1 is 1.33 bits per heavy atom. The van der Waals surface area contributed by atoms with Crippen LogP contribution in [-0.4, -0.2) is 28.8 Å². The Labute approximate surface area is 144 Å². The maximum atomic E-state index is 12.9. The predicted molar refractivity (Wildman–Crippen MR) is 96.2 cm³/mol. The molecule has 0 heterocycles. The van der Waals surface area contributed by atoms with Gasteiger partial charge in [0.05, 0.1) is 5.92 Å². The van der Waals surface area contributed by atoms with Gasteiger partial charge >= 0.3 is 0 Å². The van der Waals surface area contributed by atoms with Crippen LogP contribution in [0.1, 0.15) is 31.4 Å². The maximum absolute atomic E-state index is 12.9. The first kappa shape index (κ1) is 18.0. The van der Waals surface area contributed by atoms with Gasteiger partial charge in [-0.3, -0.25) is 9.59 Å². The van der Waals surface area contributed by atoms with Crippen LogP contribution in [0.3, 0.4) is 0 Å². The van der Waals surface area contributed by atoms with E-state index < -0.39 is 0 Å².